The summed E-state index contributed by atoms with van der Waals surface area (Å²) in [4.78, 5) is 0. The van der Waals surface area contributed by atoms with Crippen LogP contribution in [0.25, 0.3) is 0 Å². The van der Waals surface area contributed by atoms with E-state index in [9.17, 15) is 8.42 Å². The highest BCUT2D eigenvalue weighted by molar-refractivity contribution is 7.91. The summed E-state index contributed by atoms with van der Waals surface area (Å²) in [6.07, 6.45) is 4.09. The largest absolute Gasteiger partial charge is 0.474 e. The highest BCUT2D eigenvalue weighted by Crippen LogP contribution is 2.29. The van der Waals surface area contributed by atoms with Crippen LogP contribution in [0, 0.1) is 0 Å². The lowest BCUT2D eigenvalue weighted by atomic mass is 10.1. The fraction of sp³-hybridized carbons (Fsp3) is 0.571. The minimum Gasteiger partial charge on any atom is -0.474 e. The van der Waals surface area contributed by atoms with Crippen molar-refractivity contribution in [3.63, 3.8) is 0 Å². The van der Waals surface area contributed by atoms with Gasteiger partial charge in [0.05, 0.1) is 5.75 Å². The molecule has 1 heterocycles. The van der Waals surface area contributed by atoms with E-state index in [2.05, 4.69) is 6.92 Å². The highest BCUT2D eigenvalue weighted by atomic mass is 32.2. The molecule has 100 valence electrons. The van der Waals surface area contributed by atoms with Gasteiger partial charge >= 0.3 is 0 Å². The van der Waals surface area contributed by atoms with E-state index in [1.165, 1.54) is 0 Å². The van der Waals surface area contributed by atoms with Crippen molar-refractivity contribution in [1.82, 2.24) is 0 Å². The average Bonchev–Trinajstić information content (AvgIpc) is 2.38. The van der Waals surface area contributed by atoms with Gasteiger partial charge in [-0.1, -0.05) is 38.0 Å². The van der Waals surface area contributed by atoms with Gasteiger partial charge in [-0.3, -0.25) is 0 Å². The molecule has 0 aromatic heterocycles. The minimum atomic E-state index is -3.12. The second-order valence-corrected chi connectivity index (χ2v) is 7.03. The van der Waals surface area contributed by atoms with Crippen molar-refractivity contribution in [2.24, 2.45) is 0 Å². The maximum Gasteiger partial charge on any atom is 0.199 e. The molecule has 3 nitrogen and oxygen atoms in total. The summed E-state index contributed by atoms with van der Waals surface area (Å²) in [5.41, 5.74) is 0.460. The highest BCUT2D eigenvalue weighted by Gasteiger charge is 2.30. The lowest BCUT2D eigenvalue weighted by Crippen LogP contribution is -2.33. The maximum atomic E-state index is 12.1. The zero-order valence-corrected chi connectivity index (χ0v) is 11.6. The number of sulfone groups is 1. The first kappa shape index (κ1) is 13.4. The lowest BCUT2D eigenvalue weighted by molar-refractivity contribution is 0.242. The van der Waals surface area contributed by atoms with E-state index in [4.69, 9.17) is 4.74 Å². The van der Waals surface area contributed by atoms with Gasteiger partial charge in [-0.15, -0.1) is 0 Å². The molecule has 0 fully saturated rings. The molecule has 0 bridgehead atoms. The van der Waals surface area contributed by atoms with Crippen molar-refractivity contribution in [3.05, 3.63) is 29.8 Å². The van der Waals surface area contributed by atoms with Crippen LogP contribution in [0.3, 0.4) is 0 Å². The molecule has 1 atom stereocenters. The van der Waals surface area contributed by atoms with Crippen LogP contribution in [0.1, 0.15) is 38.2 Å². The molecule has 1 aliphatic rings. The zero-order valence-electron chi connectivity index (χ0n) is 10.8. The number of hydrogen-bond donors (Lipinski definition) is 0. The van der Waals surface area contributed by atoms with Crippen molar-refractivity contribution in [3.8, 4) is 5.75 Å². The van der Waals surface area contributed by atoms with E-state index in [1.54, 1.807) is 0 Å². The average molecular weight is 268 g/mol. The van der Waals surface area contributed by atoms with Crippen LogP contribution in [0.5, 0.6) is 5.75 Å². The Morgan fingerprint density at radius 2 is 2.06 bits per heavy atom. The van der Waals surface area contributed by atoms with Crippen LogP contribution >= 0.6 is 0 Å². The van der Waals surface area contributed by atoms with Gasteiger partial charge in [0.2, 0.25) is 0 Å². The van der Waals surface area contributed by atoms with Crippen LogP contribution in [0.4, 0.5) is 0 Å². The number of benzene rings is 1. The normalized spacial score (nSPS) is 19.1. The quantitative estimate of drug-likeness (QED) is 0.771. The van der Waals surface area contributed by atoms with Gasteiger partial charge in [0, 0.05) is 6.42 Å². The monoisotopic (exact) mass is 268 g/mol. The van der Waals surface area contributed by atoms with E-state index >= 15 is 0 Å². The summed E-state index contributed by atoms with van der Waals surface area (Å²) in [6, 6.07) is 7.68. The second-order valence-electron chi connectivity index (χ2n) is 4.77. The number of ether oxygens (including phenoxy) is 1. The number of fused-ring (bicyclic) bond motifs is 1. The molecule has 0 radical (unpaired) electrons. The maximum absolute atomic E-state index is 12.1. The first-order chi connectivity index (χ1) is 8.63. The molecule has 0 amide bonds. The summed E-state index contributed by atoms with van der Waals surface area (Å²) >= 11 is 0. The van der Waals surface area contributed by atoms with Crippen LogP contribution in [-0.4, -0.2) is 19.6 Å². The van der Waals surface area contributed by atoms with Crippen LogP contribution < -0.4 is 4.74 Å². The van der Waals surface area contributed by atoms with E-state index in [0.717, 1.165) is 37.0 Å². The smallest absolute Gasteiger partial charge is 0.199 e. The van der Waals surface area contributed by atoms with Gasteiger partial charge in [-0.25, -0.2) is 8.42 Å². The van der Waals surface area contributed by atoms with E-state index in [-0.39, 0.29) is 5.75 Å². The topological polar surface area (TPSA) is 43.4 Å². The second kappa shape index (κ2) is 5.74. The number of unbranched alkanes of at least 4 members (excludes halogenated alkanes) is 2. The Kier molecular flexibility index (Phi) is 4.27. The molecule has 0 aliphatic carbocycles. The molecule has 1 aromatic carbocycles. The predicted octanol–water partition coefficient (Wildman–Crippen LogP) is 2.94. The molecular formula is C14H20O3S. The Bertz CT molecular complexity index is 494. The first-order valence-electron chi connectivity index (χ1n) is 6.59. The summed E-state index contributed by atoms with van der Waals surface area (Å²) in [7, 11) is -3.12. The molecule has 4 heteroatoms. The third-order valence-electron chi connectivity index (χ3n) is 3.31. The number of rotatable bonds is 5. The van der Waals surface area contributed by atoms with Crippen LogP contribution in [0.15, 0.2) is 24.3 Å². The fourth-order valence-electron chi connectivity index (χ4n) is 2.24. The Morgan fingerprint density at radius 3 is 2.83 bits per heavy atom. The van der Waals surface area contributed by atoms with E-state index in [0.29, 0.717) is 6.42 Å². The standard InChI is InChI=1S/C14H20O3S/c1-2-3-6-11-18(15,16)14-10-9-12-7-4-5-8-13(12)17-14/h4-5,7-8,14H,2-3,6,9-11H2,1H3. The molecule has 1 unspecified atom stereocenters. The Morgan fingerprint density at radius 1 is 1.28 bits per heavy atom. The SMILES string of the molecule is CCCCCS(=O)(=O)C1CCc2ccccc2O1. The molecular weight excluding hydrogens is 248 g/mol. The predicted molar refractivity (Wildman–Crippen MR) is 72.5 cm³/mol. The Labute approximate surface area is 109 Å². The molecule has 0 spiro atoms. The van der Waals surface area contributed by atoms with Gasteiger partial charge in [0.1, 0.15) is 5.75 Å². The Balaban J connectivity index is 2.04. The summed E-state index contributed by atoms with van der Waals surface area (Å²) < 4.78 is 29.9. The van der Waals surface area contributed by atoms with Crippen LogP contribution in [-0.2, 0) is 16.3 Å². The molecule has 0 N–H and O–H groups in total. The van der Waals surface area contributed by atoms with Crippen molar-refractivity contribution < 1.29 is 13.2 Å². The minimum absolute atomic E-state index is 0.244. The number of hydrogen-bond acceptors (Lipinski definition) is 3. The summed E-state index contributed by atoms with van der Waals surface area (Å²) in [6.45, 7) is 2.07. The summed E-state index contributed by atoms with van der Waals surface area (Å²) in [5, 5.41) is 0. The molecule has 0 saturated carbocycles. The first-order valence-corrected chi connectivity index (χ1v) is 8.31. The van der Waals surface area contributed by atoms with Crippen molar-refractivity contribution in [1.29, 1.82) is 0 Å². The molecule has 2 rings (SSSR count). The molecule has 0 saturated heterocycles. The number of para-hydroxylation sites is 1. The molecule has 1 aromatic rings. The molecule has 1 aliphatic heterocycles. The molecule has 18 heavy (non-hydrogen) atoms. The van der Waals surface area contributed by atoms with Gasteiger partial charge in [0.25, 0.3) is 0 Å². The van der Waals surface area contributed by atoms with Gasteiger partial charge < -0.3 is 4.74 Å². The van der Waals surface area contributed by atoms with Gasteiger partial charge in [-0.2, -0.15) is 0 Å². The third kappa shape index (κ3) is 3.05. The Hall–Kier alpha value is -1.03. The fourth-order valence-corrected chi connectivity index (χ4v) is 3.83. The van der Waals surface area contributed by atoms with Gasteiger partial charge in [0.15, 0.2) is 15.3 Å². The van der Waals surface area contributed by atoms with E-state index < -0.39 is 15.3 Å². The summed E-state index contributed by atoms with van der Waals surface area (Å²) in [5.74, 6) is 0.973. The van der Waals surface area contributed by atoms with E-state index in [1.807, 2.05) is 24.3 Å². The van der Waals surface area contributed by atoms with Crippen molar-refractivity contribution in [2.45, 2.75) is 44.5 Å². The van der Waals surface area contributed by atoms with Crippen molar-refractivity contribution >= 4 is 9.84 Å². The lowest BCUT2D eigenvalue weighted by Gasteiger charge is -2.25. The van der Waals surface area contributed by atoms with Crippen molar-refractivity contribution in [2.75, 3.05) is 5.75 Å². The zero-order chi connectivity index (χ0) is 13.0. The van der Waals surface area contributed by atoms with Crippen LogP contribution in [0.2, 0.25) is 0 Å². The third-order valence-corrected chi connectivity index (χ3v) is 5.30. The van der Waals surface area contributed by atoms with Gasteiger partial charge in [-0.05, 0) is 24.5 Å². The number of aryl methyl sites for hydroxylation is 1.